The van der Waals surface area contributed by atoms with Gasteiger partial charge >= 0.3 is 0 Å². The molecule has 0 spiro atoms. The molecule has 1 atom stereocenters. The van der Waals surface area contributed by atoms with Crippen LogP contribution in [0.25, 0.3) is 0 Å². The third-order valence-corrected chi connectivity index (χ3v) is 3.38. The van der Waals surface area contributed by atoms with E-state index in [1.807, 2.05) is 31.2 Å². The molecule has 1 aliphatic rings. The van der Waals surface area contributed by atoms with E-state index in [0.29, 0.717) is 18.9 Å². The first kappa shape index (κ1) is 13.9. The molecule has 4 heteroatoms. The van der Waals surface area contributed by atoms with Crippen LogP contribution in [0.1, 0.15) is 24.8 Å². The maximum absolute atomic E-state index is 11.6. The van der Waals surface area contributed by atoms with E-state index in [1.54, 1.807) is 0 Å². The fraction of sp³-hybridized carbons (Fsp3) is 0.533. The highest BCUT2D eigenvalue weighted by atomic mass is 16.5. The standard InChI is InChI=1S/C15H21NO3/c1-11-4-2-3-5-14(11)19-10-15(18)16-9-8-13(17)12-6-7-12/h2-5,12-13,17H,6-10H2,1H3,(H,16,18)/t13-/m0/s1. The van der Waals surface area contributed by atoms with Gasteiger partial charge in [-0.25, -0.2) is 0 Å². The van der Waals surface area contributed by atoms with Gasteiger partial charge in [-0.3, -0.25) is 4.79 Å². The van der Waals surface area contributed by atoms with E-state index in [4.69, 9.17) is 4.74 Å². The number of aliphatic hydroxyl groups is 1. The van der Waals surface area contributed by atoms with Gasteiger partial charge in [0, 0.05) is 6.54 Å². The van der Waals surface area contributed by atoms with E-state index in [9.17, 15) is 9.90 Å². The first-order chi connectivity index (χ1) is 9.16. The largest absolute Gasteiger partial charge is 0.484 e. The lowest BCUT2D eigenvalue weighted by molar-refractivity contribution is -0.123. The Morgan fingerprint density at radius 1 is 1.47 bits per heavy atom. The molecule has 2 N–H and O–H groups in total. The minimum atomic E-state index is -0.266. The summed E-state index contributed by atoms with van der Waals surface area (Å²) in [5.41, 5.74) is 1.01. The van der Waals surface area contributed by atoms with Gasteiger partial charge in [0.15, 0.2) is 6.61 Å². The van der Waals surface area contributed by atoms with Crippen molar-refractivity contribution in [2.75, 3.05) is 13.2 Å². The van der Waals surface area contributed by atoms with Crippen molar-refractivity contribution in [3.63, 3.8) is 0 Å². The Morgan fingerprint density at radius 2 is 2.21 bits per heavy atom. The third-order valence-electron chi connectivity index (χ3n) is 3.38. The van der Waals surface area contributed by atoms with E-state index in [-0.39, 0.29) is 18.6 Å². The van der Waals surface area contributed by atoms with Gasteiger partial charge in [0.25, 0.3) is 5.91 Å². The van der Waals surface area contributed by atoms with Crippen molar-refractivity contribution in [1.82, 2.24) is 5.32 Å². The fourth-order valence-corrected chi connectivity index (χ4v) is 1.99. The minimum absolute atomic E-state index is 0.0182. The van der Waals surface area contributed by atoms with E-state index in [0.717, 1.165) is 24.2 Å². The molecule has 1 aromatic rings. The minimum Gasteiger partial charge on any atom is -0.484 e. The van der Waals surface area contributed by atoms with Gasteiger partial charge in [0.1, 0.15) is 5.75 Å². The van der Waals surface area contributed by atoms with Crippen molar-refractivity contribution >= 4 is 5.91 Å². The SMILES string of the molecule is Cc1ccccc1OCC(=O)NCC[C@H](O)C1CC1. The van der Waals surface area contributed by atoms with Crippen molar-refractivity contribution in [3.05, 3.63) is 29.8 Å². The number of benzene rings is 1. The van der Waals surface area contributed by atoms with Crippen LogP contribution in [0.2, 0.25) is 0 Å². The van der Waals surface area contributed by atoms with Crippen LogP contribution >= 0.6 is 0 Å². The number of carbonyl (C=O) groups excluding carboxylic acids is 1. The Balaban J connectivity index is 1.63. The average Bonchev–Trinajstić information content (AvgIpc) is 3.22. The molecule has 19 heavy (non-hydrogen) atoms. The second kappa shape index (κ2) is 6.57. The van der Waals surface area contributed by atoms with E-state index in [2.05, 4.69) is 5.32 Å². The summed E-state index contributed by atoms with van der Waals surface area (Å²) < 4.78 is 5.44. The summed E-state index contributed by atoms with van der Waals surface area (Å²) in [7, 11) is 0. The molecule has 1 fully saturated rings. The highest BCUT2D eigenvalue weighted by Gasteiger charge is 2.29. The lowest BCUT2D eigenvalue weighted by atomic mass is 10.2. The topological polar surface area (TPSA) is 58.6 Å². The number of nitrogens with one attached hydrogen (secondary N) is 1. The molecule has 0 aromatic heterocycles. The van der Waals surface area contributed by atoms with Gasteiger partial charge in [0.2, 0.25) is 0 Å². The maximum Gasteiger partial charge on any atom is 0.257 e. The van der Waals surface area contributed by atoms with Crippen molar-refractivity contribution in [2.45, 2.75) is 32.3 Å². The number of para-hydroxylation sites is 1. The maximum atomic E-state index is 11.6. The third kappa shape index (κ3) is 4.56. The quantitative estimate of drug-likeness (QED) is 0.786. The molecule has 0 aliphatic heterocycles. The summed E-state index contributed by atoms with van der Waals surface area (Å²) in [6.07, 6.45) is 2.59. The molecule has 0 radical (unpaired) electrons. The Hall–Kier alpha value is -1.55. The lowest BCUT2D eigenvalue weighted by Crippen LogP contribution is -2.31. The van der Waals surface area contributed by atoms with E-state index >= 15 is 0 Å². The van der Waals surface area contributed by atoms with Crippen LogP contribution in [-0.4, -0.2) is 30.3 Å². The molecule has 0 unspecified atom stereocenters. The van der Waals surface area contributed by atoms with Crippen molar-refractivity contribution in [2.24, 2.45) is 5.92 Å². The molecule has 104 valence electrons. The molecule has 4 nitrogen and oxygen atoms in total. The van der Waals surface area contributed by atoms with Gasteiger partial charge in [-0.1, -0.05) is 18.2 Å². The number of amides is 1. The van der Waals surface area contributed by atoms with Crippen LogP contribution in [0.3, 0.4) is 0 Å². The summed E-state index contributed by atoms with van der Waals surface area (Å²) in [6.45, 7) is 2.47. The number of ether oxygens (including phenoxy) is 1. The van der Waals surface area contributed by atoms with Gasteiger partial charge in [-0.05, 0) is 43.7 Å². The number of hydrogen-bond acceptors (Lipinski definition) is 3. The van der Waals surface area contributed by atoms with Crippen LogP contribution in [0, 0.1) is 12.8 Å². The molecular weight excluding hydrogens is 242 g/mol. The van der Waals surface area contributed by atoms with Gasteiger partial charge in [-0.2, -0.15) is 0 Å². The zero-order valence-electron chi connectivity index (χ0n) is 11.3. The summed E-state index contributed by atoms with van der Waals surface area (Å²) in [5.74, 6) is 1.04. The van der Waals surface area contributed by atoms with E-state index < -0.39 is 0 Å². The van der Waals surface area contributed by atoms with Crippen LogP contribution in [0.5, 0.6) is 5.75 Å². The molecule has 0 bridgehead atoms. The zero-order valence-corrected chi connectivity index (χ0v) is 11.3. The normalized spacial score (nSPS) is 15.9. The highest BCUT2D eigenvalue weighted by molar-refractivity contribution is 5.77. The monoisotopic (exact) mass is 263 g/mol. The predicted molar refractivity (Wildman–Crippen MR) is 73.0 cm³/mol. The van der Waals surface area contributed by atoms with Crippen molar-refractivity contribution < 1.29 is 14.6 Å². The lowest BCUT2D eigenvalue weighted by Gasteiger charge is -2.11. The Morgan fingerprint density at radius 3 is 2.89 bits per heavy atom. The summed E-state index contributed by atoms with van der Waals surface area (Å²) >= 11 is 0. The van der Waals surface area contributed by atoms with Crippen LogP contribution in [0.15, 0.2) is 24.3 Å². The van der Waals surface area contributed by atoms with Crippen molar-refractivity contribution in [3.8, 4) is 5.75 Å². The summed E-state index contributed by atoms with van der Waals surface area (Å²) in [4.78, 5) is 11.6. The molecule has 1 aliphatic carbocycles. The second-order valence-corrected chi connectivity index (χ2v) is 5.10. The van der Waals surface area contributed by atoms with Crippen LogP contribution in [-0.2, 0) is 4.79 Å². The average molecular weight is 263 g/mol. The van der Waals surface area contributed by atoms with Crippen LogP contribution in [0.4, 0.5) is 0 Å². The number of hydrogen-bond donors (Lipinski definition) is 2. The Kier molecular flexibility index (Phi) is 4.80. The number of aryl methyl sites for hydroxylation is 1. The summed E-state index contributed by atoms with van der Waals surface area (Å²) in [6, 6.07) is 7.60. The van der Waals surface area contributed by atoms with Gasteiger partial charge in [0.05, 0.1) is 6.10 Å². The van der Waals surface area contributed by atoms with E-state index in [1.165, 1.54) is 0 Å². The molecular formula is C15H21NO3. The Labute approximate surface area is 113 Å². The number of aliphatic hydroxyl groups excluding tert-OH is 1. The molecule has 0 saturated heterocycles. The summed E-state index contributed by atoms with van der Waals surface area (Å²) in [5, 5.41) is 12.4. The smallest absolute Gasteiger partial charge is 0.257 e. The van der Waals surface area contributed by atoms with Crippen molar-refractivity contribution in [1.29, 1.82) is 0 Å². The highest BCUT2D eigenvalue weighted by Crippen LogP contribution is 2.33. The molecule has 1 aromatic carbocycles. The molecule has 1 saturated carbocycles. The second-order valence-electron chi connectivity index (χ2n) is 5.10. The fourth-order valence-electron chi connectivity index (χ4n) is 1.99. The predicted octanol–water partition coefficient (Wildman–Crippen LogP) is 1.65. The molecule has 2 rings (SSSR count). The number of carbonyl (C=O) groups is 1. The Bertz CT molecular complexity index is 429. The first-order valence-electron chi connectivity index (χ1n) is 6.80. The molecule has 1 amide bonds. The van der Waals surface area contributed by atoms with Gasteiger partial charge < -0.3 is 15.2 Å². The van der Waals surface area contributed by atoms with Gasteiger partial charge in [-0.15, -0.1) is 0 Å². The number of rotatable bonds is 7. The van der Waals surface area contributed by atoms with Crippen LogP contribution < -0.4 is 10.1 Å². The first-order valence-corrected chi connectivity index (χ1v) is 6.80. The molecule has 0 heterocycles. The zero-order chi connectivity index (χ0) is 13.7.